The number of aliphatic carboxylic acids is 1. The van der Waals surface area contributed by atoms with Crippen molar-refractivity contribution in [2.45, 2.75) is 19.4 Å². The number of nitrogens with one attached hydrogen (secondary N) is 1. The Balaban J connectivity index is 2.13. The van der Waals surface area contributed by atoms with Crippen LogP contribution in [-0.2, 0) is 4.79 Å². The Hall–Kier alpha value is -2.70. The molecule has 20 heavy (non-hydrogen) atoms. The van der Waals surface area contributed by atoms with E-state index in [1.165, 1.54) is 11.0 Å². The van der Waals surface area contributed by atoms with Gasteiger partial charge >= 0.3 is 5.97 Å². The fraction of sp³-hybridized carbons (Fsp3) is 0.231. The Morgan fingerprint density at radius 3 is 2.65 bits per heavy atom. The highest BCUT2D eigenvalue weighted by atomic mass is 16.4. The van der Waals surface area contributed by atoms with Crippen molar-refractivity contribution in [3.63, 3.8) is 0 Å². The Bertz CT molecular complexity index is 609. The summed E-state index contributed by atoms with van der Waals surface area (Å²) in [5, 5.41) is 19.3. The van der Waals surface area contributed by atoms with Crippen LogP contribution in [0, 0.1) is 0 Å². The molecule has 1 amide bonds. The van der Waals surface area contributed by atoms with Gasteiger partial charge in [0, 0.05) is 0 Å². The molecule has 0 aliphatic heterocycles. The fourth-order valence-electron chi connectivity index (χ4n) is 1.62. The maximum Gasteiger partial charge on any atom is 0.326 e. The standard InChI is InChI=1S/C13H14N4O3/c1-2-10(13(19)20)15-12(18)11-8-14-17(16-11)9-6-4-3-5-7-9/h3-8,10H,2H2,1H3,(H,15,18)(H,19,20)/t10-/m0/s1. The van der Waals surface area contributed by atoms with Gasteiger partial charge in [-0.3, -0.25) is 4.79 Å². The van der Waals surface area contributed by atoms with Crippen molar-refractivity contribution in [1.29, 1.82) is 0 Å². The topological polar surface area (TPSA) is 97.1 Å². The second-order valence-electron chi connectivity index (χ2n) is 4.13. The largest absolute Gasteiger partial charge is 0.480 e. The van der Waals surface area contributed by atoms with Crippen molar-refractivity contribution in [2.75, 3.05) is 0 Å². The number of rotatable bonds is 5. The molecule has 0 saturated carbocycles. The van der Waals surface area contributed by atoms with E-state index >= 15 is 0 Å². The summed E-state index contributed by atoms with van der Waals surface area (Å²) in [5.74, 6) is -1.63. The zero-order chi connectivity index (χ0) is 14.5. The number of nitrogens with zero attached hydrogens (tertiary/aromatic N) is 3. The van der Waals surface area contributed by atoms with Crippen molar-refractivity contribution < 1.29 is 14.7 Å². The third-order valence-electron chi connectivity index (χ3n) is 2.72. The van der Waals surface area contributed by atoms with E-state index in [0.717, 1.165) is 5.69 Å². The first kappa shape index (κ1) is 13.7. The Kier molecular flexibility index (Phi) is 4.09. The lowest BCUT2D eigenvalue weighted by atomic mass is 10.2. The van der Waals surface area contributed by atoms with Crippen LogP contribution in [0.15, 0.2) is 36.5 Å². The molecule has 1 aromatic carbocycles. The number of para-hydroxylation sites is 1. The lowest BCUT2D eigenvalue weighted by Gasteiger charge is -2.10. The lowest BCUT2D eigenvalue weighted by Crippen LogP contribution is -2.40. The predicted molar refractivity (Wildman–Crippen MR) is 70.5 cm³/mol. The summed E-state index contributed by atoms with van der Waals surface area (Å²) in [5.41, 5.74) is 0.797. The van der Waals surface area contributed by atoms with Gasteiger partial charge in [-0.15, -0.1) is 5.10 Å². The molecule has 2 aromatic rings. The van der Waals surface area contributed by atoms with Gasteiger partial charge in [-0.1, -0.05) is 25.1 Å². The number of hydrogen-bond acceptors (Lipinski definition) is 4. The highest BCUT2D eigenvalue weighted by Gasteiger charge is 2.20. The Morgan fingerprint density at radius 1 is 1.35 bits per heavy atom. The molecule has 7 heteroatoms. The number of benzene rings is 1. The van der Waals surface area contributed by atoms with Gasteiger partial charge in [0.25, 0.3) is 5.91 Å². The van der Waals surface area contributed by atoms with E-state index in [9.17, 15) is 9.59 Å². The average Bonchev–Trinajstić information content (AvgIpc) is 2.95. The molecule has 0 bridgehead atoms. The van der Waals surface area contributed by atoms with Gasteiger partial charge < -0.3 is 10.4 Å². The van der Waals surface area contributed by atoms with E-state index in [1.54, 1.807) is 19.1 Å². The van der Waals surface area contributed by atoms with E-state index < -0.39 is 17.9 Å². The molecule has 0 spiro atoms. The van der Waals surface area contributed by atoms with Crippen molar-refractivity contribution in [1.82, 2.24) is 20.3 Å². The predicted octanol–water partition coefficient (Wildman–Crippen LogP) is 0.860. The van der Waals surface area contributed by atoms with Gasteiger partial charge in [0.1, 0.15) is 6.04 Å². The molecule has 1 atom stereocenters. The van der Waals surface area contributed by atoms with Crippen LogP contribution < -0.4 is 5.32 Å². The number of carboxylic acids is 1. The molecule has 0 radical (unpaired) electrons. The SMILES string of the molecule is CC[C@H](NC(=O)c1cnn(-c2ccccc2)n1)C(=O)O. The number of carbonyl (C=O) groups excluding carboxylic acids is 1. The second kappa shape index (κ2) is 5.96. The summed E-state index contributed by atoms with van der Waals surface area (Å²) >= 11 is 0. The molecule has 7 nitrogen and oxygen atoms in total. The molecule has 0 fully saturated rings. The number of amides is 1. The molecule has 104 valence electrons. The molecule has 0 aliphatic carbocycles. The first-order chi connectivity index (χ1) is 9.61. The van der Waals surface area contributed by atoms with Crippen LogP contribution in [0.3, 0.4) is 0 Å². The van der Waals surface area contributed by atoms with Gasteiger partial charge in [0.05, 0.1) is 11.9 Å². The van der Waals surface area contributed by atoms with Crippen LogP contribution in [0.5, 0.6) is 0 Å². The summed E-state index contributed by atoms with van der Waals surface area (Å²) in [6, 6.07) is 8.19. The third-order valence-corrected chi connectivity index (χ3v) is 2.72. The summed E-state index contributed by atoms with van der Waals surface area (Å²) in [4.78, 5) is 24.1. The van der Waals surface area contributed by atoms with Gasteiger partial charge in [-0.05, 0) is 18.6 Å². The molecule has 1 heterocycles. The van der Waals surface area contributed by atoms with Crippen molar-refractivity contribution >= 4 is 11.9 Å². The zero-order valence-corrected chi connectivity index (χ0v) is 10.9. The van der Waals surface area contributed by atoms with Crippen LogP contribution in [0.2, 0.25) is 0 Å². The van der Waals surface area contributed by atoms with E-state index in [1.807, 2.05) is 18.2 Å². The minimum atomic E-state index is -1.07. The molecule has 2 N–H and O–H groups in total. The zero-order valence-electron chi connectivity index (χ0n) is 10.9. The molecule has 1 aromatic heterocycles. The van der Waals surface area contributed by atoms with Crippen LogP contribution in [0.25, 0.3) is 5.69 Å². The number of carboxylic acid groups (broad SMARTS) is 1. The normalized spacial score (nSPS) is 11.8. The third kappa shape index (κ3) is 3.00. The molecule has 0 saturated heterocycles. The molecule has 0 unspecified atom stereocenters. The first-order valence-corrected chi connectivity index (χ1v) is 6.13. The van der Waals surface area contributed by atoms with Gasteiger partial charge in [0.15, 0.2) is 5.69 Å². The van der Waals surface area contributed by atoms with Gasteiger partial charge in [0.2, 0.25) is 0 Å². The van der Waals surface area contributed by atoms with E-state index in [4.69, 9.17) is 5.11 Å². The molecule has 0 aliphatic rings. The first-order valence-electron chi connectivity index (χ1n) is 6.13. The number of hydrogen-bond donors (Lipinski definition) is 2. The van der Waals surface area contributed by atoms with Crippen LogP contribution in [-0.4, -0.2) is 38.0 Å². The van der Waals surface area contributed by atoms with Gasteiger partial charge in [-0.2, -0.15) is 9.90 Å². The van der Waals surface area contributed by atoms with Crippen molar-refractivity contribution in [2.24, 2.45) is 0 Å². The average molecular weight is 274 g/mol. The fourth-order valence-corrected chi connectivity index (χ4v) is 1.62. The highest BCUT2D eigenvalue weighted by Crippen LogP contribution is 2.04. The van der Waals surface area contributed by atoms with Crippen LogP contribution in [0.1, 0.15) is 23.8 Å². The van der Waals surface area contributed by atoms with Gasteiger partial charge in [-0.25, -0.2) is 4.79 Å². The van der Waals surface area contributed by atoms with Crippen LogP contribution >= 0.6 is 0 Å². The summed E-state index contributed by atoms with van der Waals surface area (Å²) < 4.78 is 0. The summed E-state index contributed by atoms with van der Waals surface area (Å²) in [6.45, 7) is 1.68. The lowest BCUT2D eigenvalue weighted by molar-refractivity contribution is -0.139. The number of carbonyl (C=O) groups is 2. The minimum Gasteiger partial charge on any atom is -0.480 e. The maximum absolute atomic E-state index is 11.9. The summed E-state index contributed by atoms with van der Waals surface area (Å²) in [7, 11) is 0. The van der Waals surface area contributed by atoms with Crippen molar-refractivity contribution in [3.05, 3.63) is 42.2 Å². The number of aromatic nitrogens is 3. The van der Waals surface area contributed by atoms with Crippen molar-refractivity contribution in [3.8, 4) is 5.69 Å². The second-order valence-corrected chi connectivity index (χ2v) is 4.13. The van der Waals surface area contributed by atoms with Crippen LogP contribution in [0.4, 0.5) is 0 Å². The smallest absolute Gasteiger partial charge is 0.326 e. The Morgan fingerprint density at radius 2 is 2.05 bits per heavy atom. The molecular weight excluding hydrogens is 260 g/mol. The van der Waals surface area contributed by atoms with E-state index in [2.05, 4.69) is 15.5 Å². The highest BCUT2D eigenvalue weighted by molar-refractivity contribution is 5.94. The molecular formula is C13H14N4O3. The maximum atomic E-state index is 11.9. The molecule has 2 rings (SSSR count). The van der Waals surface area contributed by atoms with E-state index in [0.29, 0.717) is 6.42 Å². The monoisotopic (exact) mass is 274 g/mol. The summed E-state index contributed by atoms with van der Waals surface area (Å²) in [6.07, 6.45) is 1.60. The minimum absolute atomic E-state index is 0.0774. The quantitative estimate of drug-likeness (QED) is 0.842. The Labute approximate surface area is 115 Å². The van der Waals surface area contributed by atoms with E-state index in [-0.39, 0.29) is 5.69 Å².